The molecule has 25 heavy (non-hydrogen) atoms. The van der Waals surface area contributed by atoms with E-state index in [9.17, 15) is 14.7 Å². The van der Waals surface area contributed by atoms with E-state index in [-0.39, 0.29) is 0 Å². The highest BCUT2D eigenvalue weighted by atomic mass is 16.4. The Morgan fingerprint density at radius 3 is 2.12 bits per heavy atom. The zero-order valence-corrected chi connectivity index (χ0v) is 14.1. The van der Waals surface area contributed by atoms with E-state index in [2.05, 4.69) is 5.32 Å². The lowest BCUT2D eigenvalue weighted by atomic mass is 9.99. The molecule has 0 atom stereocenters. The molecule has 0 fully saturated rings. The quantitative estimate of drug-likeness (QED) is 0.611. The SMILES string of the molecule is O=C(CO)Nc1ccccc1CCCCCc1ccccc1C(=O)O. The highest BCUT2D eigenvalue weighted by molar-refractivity contribution is 5.92. The van der Waals surface area contributed by atoms with Gasteiger partial charge in [0, 0.05) is 5.69 Å². The normalized spacial score (nSPS) is 10.4. The van der Waals surface area contributed by atoms with Crippen molar-refractivity contribution >= 4 is 17.6 Å². The number of hydrogen-bond acceptors (Lipinski definition) is 3. The van der Waals surface area contributed by atoms with Crippen LogP contribution in [0.4, 0.5) is 5.69 Å². The van der Waals surface area contributed by atoms with Crippen LogP contribution in [0.2, 0.25) is 0 Å². The number of aliphatic hydroxyl groups is 1. The summed E-state index contributed by atoms with van der Waals surface area (Å²) in [7, 11) is 0. The molecule has 2 aromatic carbocycles. The second kappa shape index (κ2) is 9.59. The molecule has 0 bridgehead atoms. The van der Waals surface area contributed by atoms with E-state index in [1.807, 2.05) is 36.4 Å². The van der Waals surface area contributed by atoms with Gasteiger partial charge in [0.2, 0.25) is 5.91 Å². The summed E-state index contributed by atoms with van der Waals surface area (Å²) in [4.78, 5) is 22.5. The molecule has 0 spiro atoms. The molecule has 5 nitrogen and oxygen atoms in total. The fourth-order valence-electron chi connectivity index (χ4n) is 2.80. The zero-order chi connectivity index (χ0) is 18.1. The molecule has 0 aliphatic rings. The molecular formula is C20H23NO4. The Labute approximate surface area is 147 Å². The van der Waals surface area contributed by atoms with Gasteiger partial charge in [-0.05, 0) is 48.9 Å². The fraction of sp³-hybridized carbons (Fsp3) is 0.300. The highest BCUT2D eigenvalue weighted by Crippen LogP contribution is 2.19. The lowest BCUT2D eigenvalue weighted by molar-refractivity contribution is -0.118. The summed E-state index contributed by atoms with van der Waals surface area (Å²) in [5.41, 5.74) is 3.01. The molecule has 0 saturated heterocycles. The number of aliphatic hydroxyl groups excluding tert-OH is 1. The van der Waals surface area contributed by atoms with E-state index in [4.69, 9.17) is 5.11 Å². The molecule has 0 aliphatic carbocycles. The Balaban J connectivity index is 1.82. The summed E-state index contributed by atoms with van der Waals surface area (Å²) in [5, 5.41) is 20.7. The minimum atomic E-state index is -0.885. The van der Waals surface area contributed by atoms with Gasteiger partial charge >= 0.3 is 5.97 Å². The second-order valence-corrected chi connectivity index (χ2v) is 5.89. The fourth-order valence-corrected chi connectivity index (χ4v) is 2.80. The number of anilines is 1. The molecule has 2 rings (SSSR count). The van der Waals surface area contributed by atoms with Gasteiger partial charge in [0.05, 0.1) is 5.56 Å². The summed E-state index contributed by atoms with van der Waals surface area (Å²) >= 11 is 0. The summed E-state index contributed by atoms with van der Waals surface area (Å²) in [5.74, 6) is -1.30. The molecule has 2 aromatic rings. The van der Waals surface area contributed by atoms with E-state index in [1.54, 1.807) is 12.1 Å². The van der Waals surface area contributed by atoms with Crippen LogP contribution in [0.5, 0.6) is 0 Å². The molecule has 5 heteroatoms. The lowest BCUT2D eigenvalue weighted by Gasteiger charge is -2.10. The minimum absolute atomic E-state index is 0.375. The van der Waals surface area contributed by atoms with Crippen LogP contribution in [-0.4, -0.2) is 28.7 Å². The number of carbonyl (C=O) groups is 2. The molecule has 0 aromatic heterocycles. The first-order valence-corrected chi connectivity index (χ1v) is 8.41. The van der Waals surface area contributed by atoms with Crippen molar-refractivity contribution in [2.45, 2.75) is 32.1 Å². The van der Waals surface area contributed by atoms with Crippen LogP contribution in [0.25, 0.3) is 0 Å². The molecule has 1 amide bonds. The van der Waals surface area contributed by atoms with E-state index in [0.717, 1.165) is 48.9 Å². The minimum Gasteiger partial charge on any atom is -0.478 e. The third-order valence-electron chi connectivity index (χ3n) is 4.08. The highest BCUT2D eigenvalue weighted by Gasteiger charge is 2.09. The van der Waals surface area contributed by atoms with Crippen molar-refractivity contribution in [2.75, 3.05) is 11.9 Å². The van der Waals surface area contributed by atoms with Crippen molar-refractivity contribution in [1.29, 1.82) is 0 Å². The molecule has 3 N–H and O–H groups in total. The molecule has 0 unspecified atom stereocenters. The maximum absolute atomic E-state index is 11.3. The van der Waals surface area contributed by atoms with E-state index >= 15 is 0 Å². The third kappa shape index (κ3) is 5.72. The monoisotopic (exact) mass is 341 g/mol. The number of aromatic carboxylic acids is 1. The molecule has 0 radical (unpaired) electrons. The van der Waals surface area contributed by atoms with Crippen LogP contribution in [0.1, 0.15) is 40.7 Å². The predicted molar refractivity (Wildman–Crippen MR) is 96.8 cm³/mol. The first-order valence-electron chi connectivity index (χ1n) is 8.41. The van der Waals surface area contributed by atoms with Crippen LogP contribution in [-0.2, 0) is 17.6 Å². The van der Waals surface area contributed by atoms with Crippen LogP contribution >= 0.6 is 0 Å². The van der Waals surface area contributed by atoms with Gasteiger partial charge in [-0.1, -0.05) is 42.8 Å². The lowest BCUT2D eigenvalue weighted by Crippen LogP contribution is -2.16. The number of para-hydroxylation sites is 1. The second-order valence-electron chi connectivity index (χ2n) is 5.89. The van der Waals surface area contributed by atoms with Crippen molar-refractivity contribution in [3.63, 3.8) is 0 Å². The third-order valence-corrected chi connectivity index (χ3v) is 4.08. The molecule has 0 saturated carbocycles. The van der Waals surface area contributed by atoms with Crippen LogP contribution in [0, 0.1) is 0 Å². The van der Waals surface area contributed by atoms with Crippen molar-refractivity contribution in [2.24, 2.45) is 0 Å². The zero-order valence-electron chi connectivity index (χ0n) is 14.1. The average Bonchev–Trinajstić information content (AvgIpc) is 2.62. The largest absolute Gasteiger partial charge is 0.478 e. The van der Waals surface area contributed by atoms with Gasteiger partial charge in [-0.3, -0.25) is 4.79 Å². The first-order chi connectivity index (χ1) is 12.1. The predicted octanol–water partition coefficient (Wildman–Crippen LogP) is 3.27. The van der Waals surface area contributed by atoms with E-state index in [1.165, 1.54) is 0 Å². The Kier molecular flexibility index (Phi) is 7.16. The Bertz CT molecular complexity index is 727. The summed E-state index contributed by atoms with van der Waals surface area (Å²) in [6.45, 7) is -0.530. The topological polar surface area (TPSA) is 86.6 Å². The standard InChI is InChI=1S/C20H23NO4/c22-14-19(23)21-18-13-7-5-11-16(18)10-3-1-2-8-15-9-4-6-12-17(15)20(24)25/h4-7,9,11-13,22H,1-3,8,10,14H2,(H,21,23)(H,24,25). The number of carboxylic acids is 1. The van der Waals surface area contributed by atoms with Gasteiger partial charge in [0.15, 0.2) is 0 Å². The van der Waals surface area contributed by atoms with Crippen molar-refractivity contribution in [1.82, 2.24) is 0 Å². The van der Waals surface area contributed by atoms with Crippen LogP contribution in [0.15, 0.2) is 48.5 Å². The maximum Gasteiger partial charge on any atom is 0.335 e. The molecule has 0 aliphatic heterocycles. The number of hydrogen-bond donors (Lipinski definition) is 3. The van der Waals surface area contributed by atoms with Crippen molar-refractivity contribution in [3.05, 3.63) is 65.2 Å². The number of carboxylic acid groups (broad SMARTS) is 1. The number of unbranched alkanes of at least 4 members (excludes halogenated alkanes) is 2. The van der Waals surface area contributed by atoms with Crippen LogP contribution < -0.4 is 5.32 Å². The summed E-state index contributed by atoms with van der Waals surface area (Å²) in [6, 6.07) is 14.7. The van der Waals surface area contributed by atoms with Crippen LogP contribution in [0.3, 0.4) is 0 Å². The summed E-state index contributed by atoms with van der Waals surface area (Å²) in [6.07, 6.45) is 4.39. The average molecular weight is 341 g/mol. The molecule has 132 valence electrons. The summed E-state index contributed by atoms with van der Waals surface area (Å²) < 4.78 is 0. The Hall–Kier alpha value is -2.66. The van der Waals surface area contributed by atoms with E-state index < -0.39 is 18.5 Å². The van der Waals surface area contributed by atoms with Crippen molar-refractivity contribution in [3.8, 4) is 0 Å². The number of rotatable bonds is 9. The van der Waals surface area contributed by atoms with Gasteiger partial charge in [0.25, 0.3) is 0 Å². The van der Waals surface area contributed by atoms with Gasteiger partial charge < -0.3 is 15.5 Å². The number of benzene rings is 2. The van der Waals surface area contributed by atoms with Gasteiger partial charge in [-0.2, -0.15) is 0 Å². The Morgan fingerprint density at radius 2 is 1.44 bits per heavy atom. The van der Waals surface area contributed by atoms with Gasteiger partial charge in [0.1, 0.15) is 6.61 Å². The maximum atomic E-state index is 11.3. The smallest absolute Gasteiger partial charge is 0.335 e. The number of amides is 1. The first kappa shape index (κ1) is 18.7. The number of aryl methyl sites for hydroxylation is 2. The Morgan fingerprint density at radius 1 is 0.840 bits per heavy atom. The van der Waals surface area contributed by atoms with Gasteiger partial charge in [-0.15, -0.1) is 0 Å². The number of nitrogens with one attached hydrogen (secondary N) is 1. The molecular weight excluding hydrogens is 318 g/mol. The number of carbonyl (C=O) groups excluding carboxylic acids is 1. The van der Waals surface area contributed by atoms with Gasteiger partial charge in [-0.25, -0.2) is 4.79 Å². The molecule has 0 heterocycles. The van der Waals surface area contributed by atoms with Crippen molar-refractivity contribution < 1.29 is 19.8 Å². The van der Waals surface area contributed by atoms with E-state index in [0.29, 0.717) is 5.56 Å².